The molecule has 3 heterocycles. The Bertz CT molecular complexity index is 1540. The monoisotopic (exact) mass is 537 g/mol. The molecule has 1 saturated heterocycles. The number of aryl methyl sites for hydroxylation is 1. The largest absolute Gasteiger partial charge is 0.495 e. The van der Waals surface area contributed by atoms with Gasteiger partial charge in [0.25, 0.3) is 0 Å². The summed E-state index contributed by atoms with van der Waals surface area (Å²) in [5, 5.41) is 8.52. The number of benzene rings is 2. The van der Waals surface area contributed by atoms with E-state index in [1.807, 2.05) is 11.4 Å². The van der Waals surface area contributed by atoms with Crippen LogP contribution in [0.3, 0.4) is 0 Å². The number of likely N-dealkylation sites (tertiary alicyclic amines) is 1. The minimum Gasteiger partial charge on any atom is -0.495 e. The van der Waals surface area contributed by atoms with E-state index in [0.717, 1.165) is 47.6 Å². The van der Waals surface area contributed by atoms with Crippen molar-refractivity contribution in [3.63, 3.8) is 0 Å². The molecule has 0 saturated carbocycles. The SMILES string of the molecule is COc1cc(C2CCN(C)CC2)c(C)cc1Nc1nc(Nc2ccccc2S(C)(=O)=O)c2sccc2n1. The number of fused-ring (bicyclic) bond motifs is 1. The number of methoxy groups -OCH3 is 1. The van der Waals surface area contributed by atoms with E-state index in [4.69, 9.17) is 14.7 Å². The predicted molar refractivity (Wildman–Crippen MR) is 151 cm³/mol. The molecule has 5 rings (SSSR count). The van der Waals surface area contributed by atoms with Crippen molar-refractivity contribution in [3.05, 3.63) is 59.0 Å². The number of anilines is 4. The van der Waals surface area contributed by atoms with E-state index in [1.54, 1.807) is 31.4 Å². The van der Waals surface area contributed by atoms with Crippen molar-refractivity contribution in [1.82, 2.24) is 14.9 Å². The van der Waals surface area contributed by atoms with E-state index in [0.29, 0.717) is 23.4 Å². The maximum absolute atomic E-state index is 12.3. The van der Waals surface area contributed by atoms with Crippen LogP contribution in [-0.4, -0.2) is 56.8 Å². The van der Waals surface area contributed by atoms with Gasteiger partial charge in [0.15, 0.2) is 15.7 Å². The van der Waals surface area contributed by atoms with Crippen LogP contribution in [0.15, 0.2) is 52.7 Å². The molecule has 37 heavy (non-hydrogen) atoms. The van der Waals surface area contributed by atoms with Gasteiger partial charge in [-0.3, -0.25) is 0 Å². The fourth-order valence-corrected chi connectivity index (χ4v) is 6.50. The summed E-state index contributed by atoms with van der Waals surface area (Å²) in [5.41, 5.74) is 4.55. The fraction of sp³-hybridized carbons (Fsp3) is 0.333. The zero-order chi connectivity index (χ0) is 26.2. The lowest BCUT2D eigenvalue weighted by Crippen LogP contribution is -2.29. The molecule has 2 aromatic heterocycles. The lowest BCUT2D eigenvalue weighted by atomic mass is 9.86. The van der Waals surface area contributed by atoms with Crippen LogP contribution < -0.4 is 15.4 Å². The van der Waals surface area contributed by atoms with Crippen LogP contribution in [0.1, 0.15) is 29.9 Å². The van der Waals surface area contributed by atoms with Gasteiger partial charge in [0.1, 0.15) is 5.75 Å². The number of piperidine rings is 1. The van der Waals surface area contributed by atoms with Gasteiger partial charge >= 0.3 is 0 Å². The molecule has 1 aliphatic rings. The van der Waals surface area contributed by atoms with Gasteiger partial charge in [-0.2, -0.15) is 4.98 Å². The zero-order valence-corrected chi connectivity index (χ0v) is 23.0. The van der Waals surface area contributed by atoms with Crippen molar-refractivity contribution in [2.45, 2.75) is 30.6 Å². The molecule has 0 bridgehead atoms. The average molecular weight is 538 g/mol. The van der Waals surface area contributed by atoms with Crippen LogP contribution >= 0.6 is 11.3 Å². The number of hydrogen-bond donors (Lipinski definition) is 2. The van der Waals surface area contributed by atoms with Crippen molar-refractivity contribution in [2.75, 3.05) is 44.1 Å². The summed E-state index contributed by atoms with van der Waals surface area (Å²) in [6, 6.07) is 13.0. The second-order valence-corrected chi connectivity index (χ2v) is 12.4. The standard InChI is InChI=1S/C27H31N5O3S2/c1-17-15-22(23(35-3)16-19(17)18-9-12-32(2)13-10-18)30-27-29-21-11-14-36-25(21)26(31-27)28-20-7-5-6-8-24(20)37(4,33)34/h5-8,11,14-16,18H,9-10,12-13H2,1-4H3,(H2,28,29,30,31). The lowest BCUT2D eigenvalue weighted by molar-refractivity contribution is 0.255. The molecule has 0 unspecified atom stereocenters. The first-order chi connectivity index (χ1) is 17.7. The molecule has 0 spiro atoms. The first-order valence-electron chi connectivity index (χ1n) is 12.2. The Hall–Kier alpha value is -3.21. The molecule has 4 aromatic rings. The Balaban J connectivity index is 1.49. The molecule has 8 nitrogen and oxygen atoms in total. The third kappa shape index (κ3) is 5.41. The second kappa shape index (κ2) is 10.3. The molecular weight excluding hydrogens is 506 g/mol. The summed E-state index contributed by atoms with van der Waals surface area (Å²) in [6.07, 6.45) is 3.47. The molecule has 2 N–H and O–H groups in total. The van der Waals surface area contributed by atoms with Gasteiger partial charge < -0.3 is 20.3 Å². The molecular formula is C27H31N5O3S2. The minimum atomic E-state index is -3.42. The maximum Gasteiger partial charge on any atom is 0.229 e. The Morgan fingerprint density at radius 2 is 1.81 bits per heavy atom. The van der Waals surface area contributed by atoms with Crippen molar-refractivity contribution >= 4 is 54.5 Å². The smallest absolute Gasteiger partial charge is 0.229 e. The summed E-state index contributed by atoms with van der Waals surface area (Å²) in [4.78, 5) is 12.0. The van der Waals surface area contributed by atoms with Gasteiger partial charge in [0.05, 0.1) is 33.6 Å². The molecule has 1 fully saturated rings. The lowest BCUT2D eigenvalue weighted by Gasteiger charge is -2.30. The zero-order valence-electron chi connectivity index (χ0n) is 21.4. The number of thiophene rings is 1. The van der Waals surface area contributed by atoms with E-state index in [9.17, 15) is 8.42 Å². The highest BCUT2D eigenvalue weighted by atomic mass is 32.2. The summed E-state index contributed by atoms with van der Waals surface area (Å²) in [7, 11) is 0.424. The van der Waals surface area contributed by atoms with Crippen LogP contribution in [0.5, 0.6) is 5.75 Å². The van der Waals surface area contributed by atoms with E-state index in [2.05, 4.69) is 41.6 Å². The first kappa shape index (κ1) is 25.4. The van der Waals surface area contributed by atoms with Crippen LogP contribution in [0.2, 0.25) is 0 Å². The number of sulfone groups is 1. The van der Waals surface area contributed by atoms with E-state index >= 15 is 0 Å². The number of ether oxygens (including phenoxy) is 1. The van der Waals surface area contributed by atoms with Crippen LogP contribution in [0, 0.1) is 6.92 Å². The molecule has 0 radical (unpaired) electrons. The van der Waals surface area contributed by atoms with Gasteiger partial charge in [-0.05, 0) is 92.7 Å². The van der Waals surface area contributed by atoms with Crippen LogP contribution in [0.4, 0.5) is 23.1 Å². The number of para-hydroxylation sites is 1. The van der Waals surface area contributed by atoms with Gasteiger partial charge in [0, 0.05) is 6.26 Å². The van der Waals surface area contributed by atoms with Crippen LogP contribution in [0.25, 0.3) is 10.2 Å². The second-order valence-electron chi connectivity index (χ2n) is 9.54. The summed E-state index contributed by atoms with van der Waals surface area (Å²) in [6.45, 7) is 4.33. The van der Waals surface area contributed by atoms with Crippen molar-refractivity contribution in [1.29, 1.82) is 0 Å². The molecule has 0 amide bonds. The molecule has 0 aliphatic carbocycles. The van der Waals surface area contributed by atoms with E-state index in [1.165, 1.54) is 28.7 Å². The third-order valence-corrected chi connectivity index (χ3v) is 8.90. The van der Waals surface area contributed by atoms with E-state index in [-0.39, 0.29) is 4.90 Å². The molecule has 10 heteroatoms. The Kier molecular flexibility index (Phi) is 7.06. The summed E-state index contributed by atoms with van der Waals surface area (Å²) >= 11 is 1.50. The highest BCUT2D eigenvalue weighted by Gasteiger charge is 2.22. The Morgan fingerprint density at radius 1 is 1.05 bits per heavy atom. The molecule has 194 valence electrons. The third-order valence-electron chi connectivity index (χ3n) is 6.84. The molecule has 2 aromatic carbocycles. The molecule has 0 atom stereocenters. The van der Waals surface area contributed by atoms with Gasteiger partial charge in [0.2, 0.25) is 5.95 Å². The average Bonchev–Trinajstić information content (AvgIpc) is 3.34. The van der Waals surface area contributed by atoms with Gasteiger partial charge in [-0.15, -0.1) is 11.3 Å². The number of aromatic nitrogens is 2. The number of nitrogens with one attached hydrogen (secondary N) is 2. The number of hydrogen-bond acceptors (Lipinski definition) is 9. The van der Waals surface area contributed by atoms with Crippen molar-refractivity contribution in [3.8, 4) is 5.75 Å². The van der Waals surface area contributed by atoms with Crippen molar-refractivity contribution < 1.29 is 13.2 Å². The Morgan fingerprint density at radius 3 is 2.54 bits per heavy atom. The summed E-state index contributed by atoms with van der Waals surface area (Å²) < 4.78 is 31.3. The Labute approximate surface area is 221 Å². The highest BCUT2D eigenvalue weighted by Crippen LogP contribution is 2.38. The summed E-state index contributed by atoms with van der Waals surface area (Å²) in [5.74, 6) is 2.20. The predicted octanol–water partition coefficient (Wildman–Crippen LogP) is 5.71. The highest BCUT2D eigenvalue weighted by molar-refractivity contribution is 7.90. The van der Waals surface area contributed by atoms with Gasteiger partial charge in [-0.1, -0.05) is 12.1 Å². The first-order valence-corrected chi connectivity index (χ1v) is 15.0. The normalized spacial score (nSPS) is 15.1. The number of nitrogens with zero attached hydrogens (tertiary/aromatic N) is 3. The molecule has 1 aliphatic heterocycles. The van der Waals surface area contributed by atoms with E-state index < -0.39 is 9.84 Å². The topological polar surface area (TPSA) is 96.5 Å². The van der Waals surface area contributed by atoms with Crippen LogP contribution in [-0.2, 0) is 9.84 Å². The quantitative estimate of drug-likeness (QED) is 0.310. The fourth-order valence-electron chi connectivity index (χ4n) is 4.88. The maximum atomic E-state index is 12.3. The minimum absolute atomic E-state index is 0.217. The van der Waals surface area contributed by atoms with Gasteiger partial charge in [-0.25, -0.2) is 13.4 Å². The number of rotatable bonds is 7. The van der Waals surface area contributed by atoms with Crippen molar-refractivity contribution in [2.24, 2.45) is 0 Å².